The van der Waals surface area contributed by atoms with Crippen molar-refractivity contribution in [3.05, 3.63) is 47.3 Å². The van der Waals surface area contributed by atoms with Gasteiger partial charge in [0, 0.05) is 12.6 Å². The van der Waals surface area contributed by atoms with E-state index in [4.69, 9.17) is 14.5 Å². The highest BCUT2D eigenvalue weighted by Crippen LogP contribution is 2.32. The van der Waals surface area contributed by atoms with E-state index in [0.717, 1.165) is 30.8 Å². The van der Waals surface area contributed by atoms with Gasteiger partial charge in [0.05, 0.1) is 23.4 Å². The van der Waals surface area contributed by atoms with Crippen molar-refractivity contribution in [2.75, 3.05) is 19.7 Å². The predicted octanol–water partition coefficient (Wildman–Crippen LogP) is 2.43. The number of nitriles is 1. The predicted molar refractivity (Wildman–Crippen MR) is 87.4 cm³/mol. The molecule has 3 rings (SSSR count). The van der Waals surface area contributed by atoms with E-state index in [-0.39, 0.29) is 12.6 Å². The molecule has 0 radical (unpaired) electrons. The first-order valence-corrected chi connectivity index (χ1v) is 8.14. The summed E-state index contributed by atoms with van der Waals surface area (Å²) in [5.41, 5.74) is 1.46. The number of hydrogen-bond donors (Lipinski definition) is 1. The van der Waals surface area contributed by atoms with Crippen LogP contribution in [0.3, 0.4) is 0 Å². The molecule has 0 amide bonds. The number of rotatable bonds is 6. The van der Waals surface area contributed by atoms with Gasteiger partial charge in [0.25, 0.3) is 0 Å². The topological polar surface area (TPSA) is 82.5 Å². The molecule has 2 aromatic rings. The van der Waals surface area contributed by atoms with Crippen LogP contribution in [-0.4, -0.2) is 41.0 Å². The maximum absolute atomic E-state index is 10.3. The van der Waals surface area contributed by atoms with Crippen LogP contribution >= 0.6 is 0 Å². The van der Waals surface area contributed by atoms with E-state index in [1.165, 1.54) is 0 Å². The number of aliphatic hydroxyl groups excluding tert-OH is 1. The molecular formula is C18H21N3O3. The summed E-state index contributed by atoms with van der Waals surface area (Å²) in [7, 11) is 0. The second-order valence-corrected chi connectivity index (χ2v) is 6.12. The second-order valence-electron chi connectivity index (χ2n) is 6.12. The van der Waals surface area contributed by atoms with Gasteiger partial charge in [0.15, 0.2) is 5.76 Å². The molecule has 0 aliphatic carbocycles. The van der Waals surface area contributed by atoms with Crippen molar-refractivity contribution >= 4 is 0 Å². The molecule has 1 aliphatic heterocycles. The SMILES string of the molecule is Cc1cc([C@@H]2CCCN2C[C@@H](O)COc2ccc(C#N)cc2)on1. The molecular weight excluding hydrogens is 306 g/mol. The lowest BCUT2D eigenvalue weighted by Crippen LogP contribution is -2.35. The largest absolute Gasteiger partial charge is 0.491 e. The molecule has 0 saturated carbocycles. The van der Waals surface area contributed by atoms with E-state index in [1.54, 1.807) is 24.3 Å². The van der Waals surface area contributed by atoms with Crippen molar-refractivity contribution in [1.29, 1.82) is 5.26 Å². The van der Waals surface area contributed by atoms with Gasteiger partial charge in [-0.1, -0.05) is 5.16 Å². The standard InChI is InChI=1S/C18H21N3O3/c1-13-9-18(24-20-13)17-3-2-8-21(17)11-15(22)12-23-16-6-4-14(10-19)5-7-16/h4-7,9,15,17,22H,2-3,8,11-12H2,1H3/t15-,17+/m1/s1. The highest BCUT2D eigenvalue weighted by molar-refractivity contribution is 5.34. The third-order valence-corrected chi connectivity index (χ3v) is 4.21. The highest BCUT2D eigenvalue weighted by Gasteiger charge is 2.30. The lowest BCUT2D eigenvalue weighted by atomic mass is 10.1. The van der Waals surface area contributed by atoms with Crippen molar-refractivity contribution < 1.29 is 14.4 Å². The van der Waals surface area contributed by atoms with Gasteiger partial charge in [0.2, 0.25) is 0 Å². The number of β-amino-alcohol motifs (C(OH)–C–C–N with tert-alkyl or cyclic N) is 1. The number of nitrogens with zero attached hydrogens (tertiary/aromatic N) is 3. The molecule has 2 heterocycles. The number of aryl methyl sites for hydroxylation is 1. The molecule has 126 valence electrons. The van der Waals surface area contributed by atoms with Gasteiger partial charge in [-0.05, 0) is 50.6 Å². The van der Waals surface area contributed by atoms with Crippen LogP contribution in [0.25, 0.3) is 0 Å². The van der Waals surface area contributed by atoms with Gasteiger partial charge in [-0.3, -0.25) is 4.90 Å². The average molecular weight is 327 g/mol. The molecule has 6 nitrogen and oxygen atoms in total. The number of aromatic nitrogens is 1. The maximum atomic E-state index is 10.3. The van der Waals surface area contributed by atoms with Crippen molar-refractivity contribution in [2.24, 2.45) is 0 Å². The van der Waals surface area contributed by atoms with Crippen LogP contribution in [0.15, 0.2) is 34.9 Å². The Morgan fingerprint density at radius 3 is 2.92 bits per heavy atom. The summed E-state index contributed by atoms with van der Waals surface area (Å²) in [5.74, 6) is 1.52. The Balaban J connectivity index is 1.52. The highest BCUT2D eigenvalue weighted by atomic mass is 16.5. The van der Waals surface area contributed by atoms with Crippen LogP contribution in [0.5, 0.6) is 5.75 Å². The fourth-order valence-electron chi connectivity index (χ4n) is 3.05. The zero-order chi connectivity index (χ0) is 16.9. The number of aliphatic hydroxyl groups is 1. The fraction of sp³-hybridized carbons (Fsp3) is 0.444. The van der Waals surface area contributed by atoms with E-state index >= 15 is 0 Å². The van der Waals surface area contributed by atoms with Gasteiger partial charge in [-0.2, -0.15) is 5.26 Å². The number of likely N-dealkylation sites (tertiary alicyclic amines) is 1. The Hall–Kier alpha value is -2.36. The Morgan fingerprint density at radius 1 is 1.46 bits per heavy atom. The van der Waals surface area contributed by atoms with Crippen LogP contribution in [0.1, 0.15) is 35.9 Å². The van der Waals surface area contributed by atoms with E-state index in [0.29, 0.717) is 17.9 Å². The summed E-state index contributed by atoms with van der Waals surface area (Å²) in [4.78, 5) is 2.22. The van der Waals surface area contributed by atoms with E-state index < -0.39 is 6.10 Å². The Kier molecular flexibility index (Phi) is 5.14. The molecule has 1 saturated heterocycles. The number of benzene rings is 1. The van der Waals surface area contributed by atoms with Crippen LogP contribution in [0.4, 0.5) is 0 Å². The average Bonchev–Trinajstić information content (AvgIpc) is 3.22. The Bertz CT molecular complexity index is 705. The first-order chi connectivity index (χ1) is 11.7. The molecule has 0 spiro atoms. The van der Waals surface area contributed by atoms with E-state index in [2.05, 4.69) is 16.1 Å². The summed E-state index contributed by atoms with van der Waals surface area (Å²) < 4.78 is 11.0. The Labute approximate surface area is 141 Å². The molecule has 1 fully saturated rings. The van der Waals surface area contributed by atoms with Crippen LogP contribution in [-0.2, 0) is 0 Å². The van der Waals surface area contributed by atoms with E-state index in [9.17, 15) is 5.11 Å². The quantitative estimate of drug-likeness (QED) is 0.877. The molecule has 1 N–H and O–H groups in total. The number of hydrogen-bond acceptors (Lipinski definition) is 6. The summed E-state index contributed by atoms with van der Waals surface area (Å²) in [6.45, 7) is 3.58. The van der Waals surface area contributed by atoms with E-state index in [1.807, 2.05) is 13.0 Å². The molecule has 24 heavy (non-hydrogen) atoms. The second kappa shape index (κ2) is 7.47. The van der Waals surface area contributed by atoms with Gasteiger partial charge in [-0.25, -0.2) is 0 Å². The van der Waals surface area contributed by atoms with Gasteiger partial charge >= 0.3 is 0 Å². The van der Waals surface area contributed by atoms with Crippen molar-refractivity contribution in [2.45, 2.75) is 31.9 Å². The van der Waals surface area contributed by atoms with Crippen molar-refractivity contribution in [1.82, 2.24) is 10.1 Å². The minimum Gasteiger partial charge on any atom is -0.491 e. The molecule has 6 heteroatoms. The minimum absolute atomic E-state index is 0.177. The van der Waals surface area contributed by atoms with Crippen LogP contribution < -0.4 is 4.74 Å². The lowest BCUT2D eigenvalue weighted by Gasteiger charge is -2.25. The molecule has 1 aromatic carbocycles. The smallest absolute Gasteiger partial charge is 0.154 e. The van der Waals surface area contributed by atoms with Crippen molar-refractivity contribution in [3.8, 4) is 11.8 Å². The summed E-state index contributed by atoms with van der Waals surface area (Å²) in [5, 5.41) is 23.0. The van der Waals surface area contributed by atoms with Crippen molar-refractivity contribution in [3.63, 3.8) is 0 Å². The first kappa shape index (κ1) is 16.5. The summed E-state index contributed by atoms with van der Waals surface area (Å²) in [6.07, 6.45) is 1.50. The van der Waals surface area contributed by atoms with Gasteiger partial charge in [-0.15, -0.1) is 0 Å². The zero-order valence-electron chi connectivity index (χ0n) is 13.7. The normalized spacial score (nSPS) is 19.1. The summed E-state index contributed by atoms with van der Waals surface area (Å²) in [6, 6.07) is 11.1. The first-order valence-electron chi connectivity index (χ1n) is 8.14. The van der Waals surface area contributed by atoms with Crippen LogP contribution in [0.2, 0.25) is 0 Å². The molecule has 0 unspecified atom stereocenters. The monoisotopic (exact) mass is 327 g/mol. The number of ether oxygens (including phenoxy) is 1. The summed E-state index contributed by atoms with van der Waals surface area (Å²) >= 11 is 0. The minimum atomic E-state index is -0.592. The third kappa shape index (κ3) is 3.94. The Morgan fingerprint density at radius 2 is 2.25 bits per heavy atom. The molecule has 1 aliphatic rings. The zero-order valence-corrected chi connectivity index (χ0v) is 13.7. The van der Waals surface area contributed by atoms with Gasteiger partial charge < -0.3 is 14.4 Å². The molecule has 0 bridgehead atoms. The third-order valence-electron chi connectivity index (χ3n) is 4.21. The molecule has 1 aromatic heterocycles. The fourth-order valence-corrected chi connectivity index (χ4v) is 3.05. The van der Waals surface area contributed by atoms with Gasteiger partial charge in [0.1, 0.15) is 18.5 Å². The lowest BCUT2D eigenvalue weighted by molar-refractivity contribution is 0.0598. The van der Waals surface area contributed by atoms with Crippen LogP contribution in [0, 0.1) is 18.3 Å². The molecule has 2 atom stereocenters. The maximum Gasteiger partial charge on any atom is 0.154 e.